The number of carbonyl (C=O) groups is 3. The smallest absolute Gasteiger partial charge is 0.344 e. The number of esters is 1. The molecule has 1 N–H and O–H groups in total. The molecule has 0 spiro atoms. The Hall–Kier alpha value is -1.65. The van der Waals surface area contributed by atoms with Gasteiger partial charge in [0.05, 0.1) is 0 Å². The fourth-order valence-corrected chi connectivity index (χ4v) is 0.897. The summed E-state index contributed by atoms with van der Waals surface area (Å²) in [5.74, 6) is -2.07. The second-order valence-electron chi connectivity index (χ2n) is 3.88. The lowest BCUT2D eigenvalue weighted by Crippen LogP contribution is -2.29. The van der Waals surface area contributed by atoms with Crippen LogP contribution in [0, 0.1) is 0 Å². The van der Waals surface area contributed by atoms with Gasteiger partial charge in [-0.25, -0.2) is 4.79 Å². The van der Waals surface area contributed by atoms with Gasteiger partial charge in [0.15, 0.2) is 0 Å². The van der Waals surface area contributed by atoms with Gasteiger partial charge in [0.1, 0.15) is 11.2 Å². The summed E-state index contributed by atoms with van der Waals surface area (Å²) < 4.78 is 4.92. The Morgan fingerprint density at radius 2 is 1.93 bits per heavy atom. The molecule has 14 heavy (non-hydrogen) atoms. The average Bonchev–Trinajstić information content (AvgIpc) is 2.26. The fraction of sp³-hybridized carbons (Fsp3) is 0.444. The highest BCUT2D eigenvalue weighted by molar-refractivity contribution is 6.28. The molecule has 1 aliphatic rings. The monoisotopic (exact) mass is 197 g/mol. The summed E-state index contributed by atoms with van der Waals surface area (Å²) in [5, 5.41) is 1.96. The molecule has 0 aromatic rings. The van der Waals surface area contributed by atoms with E-state index >= 15 is 0 Å². The van der Waals surface area contributed by atoms with Crippen LogP contribution in [0.5, 0.6) is 0 Å². The number of nitrogens with one attached hydrogen (secondary N) is 1. The van der Waals surface area contributed by atoms with Crippen molar-refractivity contribution in [1.82, 2.24) is 5.32 Å². The number of hydrogen-bond acceptors (Lipinski definition) is 4. The molecular formula is C9H11NO4. The SMILES string of the molecule is CC(C)(C)OC(=O)C1=CC(=O)NC1=O. The van der Waals surface area contributed by atoms with E-state index in [1.165, 1.54) is 0 Å². The van der Waals surface area contributed by atoms with Crippen LogP contribution in [-0.2, 0) is 19.1 Å². The van der Waals surface area contributed by atoms with Crippen LogP contribution in [0.2, 0.25) is 0 Å². The van der Waals surface area contributed by atoms with Gasteiger partial charge in [-0.1, -0.05) is 0 Å². The Morgan fingerprint density at radius 1 is 1.36 bits per heavy atom. The molecule has 5 nitrogen and oxygen atoms in total. The molecule has 5 heteroatoms. The van der Waals surface area contributed by atoms with Gasteiger partial charge in [0.2, 0.25) is 0 Å². The van der Waals surface area contributed by atoms with Crippen molar-refractivity contribution in [3.8, 4) is 0 Å². The van der Waals surface area contributed by atoms with Crippen LogP contribution in [-0.4, -0.2) is 23.4 Å². The van der Waals surface area contributed by atoms with Crippen LogP contribution in [0.1, 0.15) is 20.8 Å². The molecule has 2 amide bonds. The minimum atomic E-state index is -0.777. The second-order valence-corrected chi connectivity index (χ2v) is 3.88. The third kappa shape index (κ3) is 2.42. The molecule has 0 unspecified atom stereocenters. The van der Waals surface area contributed by atoms with Crippen LogP contribution in [0.15, 0.2) is 11.6 Å². The van der Waals surface area contributed by atoms with Crippen LogP contribution in [0.25, 0.3) is 0 Å². The van der Waals surface area contributed by atoms with Gasteiger partial charge in [-0.2, -0.15) is 0 Å². The zero-order chi connectivity index (χ0) is 10.9. The first-order valence-electron chi connectivity index (χ1n) is 4.10. The van der Waals surface area contributed by atoms with Gasteiger partial charge in [-0.05, 0) is 20.8 Å². The van der Waals surface area contributed by atoms with E-state index in [0.29, 0.717) is 0 Å². The van der Waals surface area contributed by atoms with Gasteiger partial charge in [-0.3, -0.25) is 14.9 Å². The molecule has 1 heterocycles. The van der Waals surface area contributed by atoms with Crippen molar-refractivity contribution < 1.29 is 19.1 Å². The van der Waals surface area contributed by atoms with Crippen molar-refractivity contribution in [2.45, 2.75) is 26.4 Å². The lowest BCUT2D eigenvalue weighted by Gasteiger charge is -2.19. The van der Waals surface area contributed by atoms with Crippen LogP contribution in [0.3, 0.4) is 0 Å². The predicted octanol–water partition coefficient (Wildman–Crippen LogP) is -0.0891. The summed E-state index contributed by atoms with van der Waals surface area (Å²) in [6.45, 7) is 5.04. The standard InChI is InChI=1S/C9H11NO4/c1-9(2,3)14-8(13)5-4-6(11)10-7(5)12/h4H,1-3H3,(H,10,11,12). The van der Waals surface area contributed by atoms with Gasteiger partial charge in [0, 0.05) is 6.08 Å². The predicted molar refractivity (Wildman–Crippen MR) is 47.1 cm³/mol. The number of amides is 2. The summed E-state index contributed by atoms with van der Waals surface area (Å²) in [7, 11) is 0. The van der Waals surface area contributed by atoms with E-state index in [9.17, 15) is 14.4 Å². The summed E-state index contributed by atoms with van der Waals surface area (Å²) in [5.41, 5.74) is -0.922. The van der Waals surface area contributed by atoms with Crippen LogP contribution < -0.4 is 5.32 Å². The summed E-state index contributed by atoms with van der Waals surface area (Å²) in [6.07, 6.45) is 0.941. The number of imide groups is 1. The van der Waals surface area contributed by atoms with E-state index < -0.39 is 23.4 Å². The van der Waals surface area contributed by atoms with Gasteiger partial charge < -0.3 is 4.74 Å². The minimum Gasteiger partial charge on any atom is -0.456 e. The van der Waals surface area contributed by atoms with E-state index in [2.05, 4.69) is 0 Å². The van der Waals surface area contributed by atoms with Crippen molar-refractivity contribution in [2.24, 2.45) is 0 Å². The molecule has 0 fully saturated rings. The maximum Gasteiger partial charge on any atom is 0.344 e. The molecule has 0 saturated carbocycles. The second kappa shape index (κ2) is 3.25. The number of rotatable bonds is 1. The maximum absolute atomic E-state index is 11.3. The molecule has 0 aromatic heterocycles. The van der Waals surface area contributed by atoms with E-state index in [-0.39, 0.29) is 5.57 Å². The summed E-state index contributed by atoms with van der Waals surface area (Å²) in [4.78, 5) is 33.0. The van der Waals surface area contributed by atoms with Crippen molar-refractivity contribution in [1.29, 1.82) is 0 Å². The molecule has 0 atom stereocenters. The minimum absolute atomic E-state index is 0.245. The molecular weight excluding hydrogens is 186 g/mol. The number of carbonyl (C=O) groups excluding carboxylic acids is 3. The largest absolute Gasteiger partial charge is 0.456 e. The number of ether oxygens (including phenoxy) is 1. The molecule has 0 aliphatic carbocycles. The van der Waals surface area contributed by atoms with Crippen molar-refractivity contribution in [3.05, 3.63) is 11.6 Å². The highest BCUT2D eigenvalue weighted by Gasteiger charge is 2.30. The Balaban J connectivity index is 2.76. The highest BCUT2D eigenvalue weighted by atomic mass is 16.6. The first kappa shape index (κ1) is 10.4. The van der Waals surface area contributed by atoms with E-state index in [1.54, 1.807) is 20.8 Å². The van der Waals surface area contributed by atoms with Crippen molar-refractivity contribution in [3.63, 3.8) is 0 Å². The van der Waals surface area contributed by atoms with Gasteiger partial charge in [0.25, 0.3) is 11.8 Å². The van der Waals surface area contributed by atoms with Crippen LogP contribution in [0.4, 0.5) is 0 Å². The molecule has 76 valence electrons. The third-order valence-corrected chi connectivity index (χ3v) is 1.38. The van der Waals surface area contributed by atoms with Crippen molar-refractivity contribution in [2.75, 3.05) is 0 Å². The summed E-state index contributed by atoms with van der Waals surface area (Å²) >= 11 is 0. The molecule has 0 radical (unpaired) electrons. The Kier molecular flexibility index (Phi) is 2.42. The Bertz CT molecular complexity index is 335. The quantitative estimate of drug-likeness (QED) is 0.362. The first-order valence-corrected chi connectivity index (χ1v) is 4.10. The zero-order valence-electron chi connectivity index (χ0n) is 8.21. The van der Waals surface area contributed by atoms with Gasteiger partial charge in [-0.15, -0.1) is 0 Å². The molecule has 0 bridgehead atoms. The molecule has 0 saturated heterocycles. The van der Waals surface area contributed by atoms with E-state index in [4.69, 9.17) is 4.74 Å². The maximum atomic E-state index is 11.3. The van der Waals surface area contributed by atoms with E-state index in [1.807, 2.05) is 5.32 Å². The normalized spacial score (nSPS) is 16.4. The Morgan fingerprint density at radius 3 is 2.29 bits per heavy atom. The lowest BCUT2D eigenvalue weighted by atomic mass is 10.2. The molecule has 1 aliphatic heterocycles. The van der Waals surface area contributed by atoms with Crippen molar-refractivity contribution >= 4 is 17.8 Å². The highest BCUT2D eigenvalue weighted by Crippen LogP contribution is 2.12. The zero-order valence-corrected chi connectivity index (χ0v) is 8.21. The van der Waals surface area contributed by atoms with E-state index in [0.717, 1.165) is 6.08 Å². The third-order valence-electron chi connectivity index (χ3n) is 1.38. The first-order chi connectivity index (χ1) is 6.29. The molecule has 0 aromatic carbocycles. The van der Waals surface area contributed by atoms with Crippen LogP contribution >= 0.6 is 0 Å². The average molecular weight is 197 g/mol. The molecule has 1 rings (SSSR count). The lowest BCUT2D eigenvalue weighted by molar-refractivity contribution is -0.150. The number of hydrogen-bond donors (Lipinski definition) is 1. The summed E-state index contributed by atoms with van der Waals surface area (Å²) in [6, 6.07) is 0. The topological polar surface area (TPSA) is 72.5 Å². The fourth-order valence-electron chi connectivity index (χ4n) is 0.897. The Labute approximate surface area is 81.1 Å². The van der Waals surface area contributed by atoms with Gasteiger partial charge >= 0.3 is 5.97 Å².